The zero-order valence-electron chi connectivity index (χ0n) is 12.5. The lowest BCUT2D eigenvalue weighted by molar-refractivity contribution is -0.137. The van der Waals surface area contributed by atoms with E-state index in [0.29, 0.717) is 25.9 Å². The van der Waals surface area contributed by atoms with Crippen molar-refractivity contribution in [3.05, 3.63) is 23.9 Å². The number of hydrogen-bond acceptors (Lipinski definition) is 4. The minimum Gasteiger partial charge on any atom is -0.396 e. The third kappa shape index (κ3) is 3.35. The van der Waals surface area contributed by atoms with E-state index in [9.17, 15) is 23.4 Å². The number of anilines is 1. The predicted octanol–water partition coefficient (Wildman–Crippen LogP) is 2.45. The SMILES string of the molecule is CCC[C@@]1(CO)CN(c2cc(C(F)(F)F)ccn2)CC[C@@H]1O. The van der Waals surface area contributed by atoms with Crippen molar-refractivity contribution in [1.29, 1.82) is 0 Å². The molecule has 124 valence electrons. The van der Waals surface area contributed by atoms with E-state index in [1.54, 1.807) is 4.90 Å². The van der Waals surface area contributed by atoms with Crippen LogP contribution >= 0.6 is 0 Å². The topological polar surface area (TPSA) is 56.6 Å². The second-order valence-corrected chi connectivity index (χ2v) is 5.90. The second-order valence-electron chi connectivity index (χ2n) is 5.90. The summed E-state index contributed by atoms with van der Waals surface area (Å²) >= 11 is 0. The molecule has 1 aliphatic heterocycles. The van der Waals surface area contributed by atoms with Gasteiger partial charge in [0.15, 0.2) is 0 Å². The molecule has 22 heavy (non-hydrogen) atoms. The highest BCUT2D eigenvalue weighted by molar-refractivity contribution is 5.43. The molecule has 7 heteroatoms. The first-order valence-electron chi connectivity index (χ1n) is 7.39. The Morgan fingerprint density at radius 1 is 1.45 bits per heavy atom. The molecule has 0 spiro atoms. The van der Waals surface area contributed by atoms with E-state index >= 15 is 0 Å². The third-order valence-corrected chi connectivity index (χ3v) is 4.34. The van der Waals surface area contributed by atoms with Crippen molar-refractivity contribution in [2.45, 2.75) is 38.5 Å². The van der Waals surface area contributed by atoms with Crippen molar-refractivity contribution in [3.63, 3.8) is 0 Å². The number of aromatic nitrogens is 1. The molecule has 4 nitrogen and oxygen atoms in total. The fourth-order valence-corrected chi connectivity index (χ4v) is 3.09. The second kappa shape index (κ2) is 6.42. The monoisotopic (exact) mass is 318 g/mol. The van der Waals surface area contributed by atoms with Gasteiger partial charge in [0.1, 0.15) is 5.82 Å². The van der Waals surface area contributed by atoms with Crippen LogP contribution in [0.3, 0.4) is 0 Å². The zero-order valence-corrected chi connectivity index (χ0v) is 12.5. The first-order valence-corrected chi connectivity index (χ1v) is 7.39. The summed E-state index contributed by atoms with van der Waals surface area (Å²) in [6.07, 6.45) is -2.13. The molecule has 2 atom stereocenters. The molecule has 0 amide bonds. The van der Waals surface area contributed by atoms with E-state index in [1.807, 2.05) is 6.92 Å². The van der Waals surface area contributed by atoms with Gasteiger partial charge in [0.05, 0.1) is 18.3 Å². The van der Waals surface area contributed by atoms with E-state index in [2.05, 4.69) is 4.98 Å². The zero-order chi connectivity index (χ0) is 16.4. The summed E-state index contributed by atoms with van der Waals surface area (Å²) in [6, 6.07) is 1.96. The van der Waals surface area contributed by atoms with Crippen LogP contribution < -0.4 is 4.90 Å². The first-order chi connectivity index (χ1) is 10.3. The Hall–Kier alpha value is -1.34. The van der Waals surface area contributed by atoms with Crippen LogP contribution in [0.5, 0.6) is 0 Å². The number of halogens is 3. The lowest BCUT2D eigenvalue weighted by Crippen LogP contribution is -2.54. The molecule has 1 aromatic heterocycles. The van der Waals surface area contributed by atoms with Crippen LogP contribution in [0.2, 0.25) is 0 Å². The van der Waals surface area contributed by atoms with Gasteiger partial charge in [-0.1, -0.05) is 13.3 Å². The Balaban J connectivity index is 2.26. The predicted molar refractivity (Wildman–Crippen MR) is 76.5 cm³/mol. The van der Waals surface area contributed by atoms with Gasteiger partial charge in [-0.15, -0.1) is 0 Å². The van der Waals surface area contributed by atoms with E-state index in [1.165, 1.54) is 0 Å². The molecule has 0 aromatic carbocycles. The molecule has 0 aliphatic carbocycles. The lowest BCUT2D eigenvalue weighted by atomic mass is 9.74. The summed E-state index contributed by atoms with van der Waals surface area (Å²) in [5.74, 6) is 0.232. The number of pyridine rings is 1. The van der Waals surface area contributed by atoms with Gasteiger partial charge < -0.3 is 15.1 Å². The van der Waals surface area contributed by atoms with Crippen LogP contribution in [0.4, 0.5) is 19.0 Å². The van der Waals surface area contributed by atoms with Crippen molar-refractivity contribution >= 4 is 5.82 Å². The molecule has 1 aliphatic rings. The van der Waals surface area contributed by atoms with E-state index in [4.69, 9.17) is 0 Å². The molecule has 1 aromatic rings. The quantitative estimate of drug-likeness (QED) is 0.895. The Kier molecular flexibility index (Phi) is 4.97. The smallest absolute Gasteiger partial charge is 0.396 e. The van der Waals surface area contributed by atoms with Gasteiger partial charge in [-0.05, 0) is 25.0 Å². The molecular formula is C15H21F3N2O2. The summed E-state index contributed by atoms with van der Waals surface area (Å²) < 4.78 is 38.4. The summed E-state index contributed by atoms with van der Waals surface area (Å²) in [5.41, 5.74) is -1.45. The molecule has 0 bridgehead atoms. The normalized spacial score (nSPS) is 26.3. The Labute approximate surface area is 127 Å². The molecule has 1 fully saturated rings. The number of aliphatic hydroxyl groups excluding tert-OH is 2. The van der Waals surface area contributed by atoms with Gasteiger partial charge in [-0.3, -0.25) is 0 Å². The molecule has 2 heterocycles. The Morgan fingerprint density at radius 2 is 2.18 bits per heavy atom. The summed E-state index contributed by atoms with van der Waals surface area (Å²) in [4.78, 5) is 5.74. The molecule has 1 saturated heterocycles. The fraction of sp³-hybridized carbons (Fsp3) is 0.667. The van der Waals surface area contributed by atoms with Crippen LogP contribution in [0, 0.1) is 5.41 Å². The van der Waals surface area contributed by atoms with Crippen LogP contribution in [0.25, 0.3) is 0 Å². The van der Waals surface area contributed by atoms with Crippen LogP contribution in [0.15, 0.2) is 18.3 Å². The summed E-state index contributed by atoms with van der Waals surface area (Å²) in [5, 5.41) is 19.9. The number of aliphatic hydroxyl groups is 2. The van der Waals surface area contributed by atoms with Crippen LogP contribution in [0.1, 0.15) is 31.7 Å². The maximum absolute atomic E-state index is 12.8. The number of hydrogen-bond donors (Lipinski definition) is 2. The maximum Gasteiger partial charge on any atom is 0.416 e. The minimum absolute atomic E-state index is 0.197. The van der Waals surface area contributed by atoms with Gasteiger partial charge in [-0.25, -0.2) is 4.98 Å². The molecule has 0 unspecified atom stereocenters. The van der Waals surface area contributed by atoms with Crippen molar-refractivity contribution < 1.29 is 23.4 Å². The Bertz CT molecular complexity index is 510. The average Bonchev–Trinajstić information content (AvgIpc) is 2.49. The minimum atomic E-state index is -4.41. The number of rotatable bonds is 4. The van der Waals surface area contributed by atoms with Gasteiger partial charge in [0.25, 0.3) is 0 Å². The fourth-order valence-electron chi connectivity index (χ4n) is 3.09. The van der Waals surface area contributed by atoms with Crippen molar-refractivity contribution in [3.8, 4) is 0 Å². The standard InChI is InChI=1S/C15H21F3N2O2/c1-2-5-14(10-21)9-20(7-4-12(14)22)13-8-11(3-6-19-13)15(16,17)18/h3,6,8,12,21-22H,2,4-5,7,9-10H2,1H3/t12-,14-/m0/s1. The van der Waals surface area contributed by atoms with Crippen LogP contribution in [-0.4, -0.2) is 41.0 Å². The summed E-state index contributed by atoms with van der Waals surface area (Å²) in [6.45, 7) is 2.47. The number of alkyl halides is 3. The lowest BCUT2D eigenvalue weighted by Gasteiger charge is -2.45. The van der Waals surface area contributed by atoms with Crippen molar-refractivity contribution in [2.75, 3.05) is 24.6 Å². The van der Waals surface area contributed by atoms with E-state index < -0.39 is 23.3 Å². The maximum atomic E-state index is 12.8. The number of piperidine rings is 1. The van der Waals surface area contributed by atoms with Crippen molar-refractivity contribution in [1.82, 2.24) is 4.98 Å². The summed E-state index contributed by atoms with van der Waals surface area (Å²) in [7, 11) is 0. The highest BCUT2D eigenvalue weighted by Gasteiger charge is 2.42. The highest BCUT2D eigenvalue weighted by atomic mass is 19.4. The molecule has 0 saturated carbocycles. The number of nitrogens with zero attached hydrogens (tertiary/aromatic N) is 2. The van der Waals surface area contributed by atoms with Crippen LogP contribution in [-0.2, 0) is 6.18 Å². The molecule has 0 radical (unpaired) electrons. The third-order valence-electron chi connectivity index (χ3n) is 4.34. The van der Waals surface area contributed by atoms with Gasteiger partial charge >= 0.3 is 6.18 Å². The molecule has 2 rings (SSSR count). The molecule has 2 N–H and O–H groups in total. The van der Waals surface area contributed by atoms with Gasteiger partial charge in [0, 0.05) is 24.7 Å². The average molecular weight is 318 g/mol. The van der Waals surface area contributed by atoms with Gasteiger partial charge in [0.2, 0.25) is 0 Å². The highest BCUT2D eigenvalue weighted by Crippen LogP contribution is 2.37. The largest absolute Gasteiger partial charge is 0.416 e. The van der Waals surface area contributed by atoms with E-state index in [-0.39, 0.29) is 12.4 Å². The Morgan fingerprint density at radius 3 is 2.77 bits per heavy atom. The van der Waals surface area contributed by atoms with Gasteiger partial charge in [-0.2, -0.15) is 13.2 Å². The first kappa shape index (κ1) is 17.0. The van der Waals surface area contributed by atoms with E-state index in [0.717, 1.165) is 24.8 Å². The van der Waals surface area contributed by atoms with Crippen molar-refractivity contribution in [2.24, 2.45) is 5.41 Å². The molecular weight excluding hydrogens is 297 g/mol.